The number of morpholine rings is 1. The van der Waals surface area contributed by atoms with Crippen LogP contribution in [0.5, 0.6) is 0 Å². The Morgan fingerprint density at radius 1 is 1.18 bits per heavy atom. The van der Waals surface area contributed by atoms with Crippen LogP contribution >= 0.6 is 11.3 Å². The first-order valence-electron chi connectivity index (χ1n) is 11.5. The Morgan fingerprint density at radius 2 is 2.00 bits per heavy atom. The van der Waals surface area contributed by atoms with E-state index in [1.54, 1.807) is 17.5 Å². The van der Waals surface area contributed by atoms with Gasteiger partial charge in [0.2, 0.25) is 0 Å². The number of nitrogens with zero attached hydrogens (tertiary/aromatic N) is 5. The minimum Gasteiger partial charge on any atom is -0.378 e. The molecule has 0 spiro atoms. The van der Waals surface area contributed by atoms with Gasteiger partial charge in [0.1, 0.15) is 0 Å². The Hall–Kier alpha value is -3.04. The van der Waals surface area contributed by atoms with Gasteiger partial charge in [-0.1, -0.05) is 11.3 Å². The summed E-state index contributed by atoms with van der Waals surface area (Å²) < 4.78 is 8.40. The predicted octanol–water partition coefficient (Wildman–Crippen LogP) is 4.59. The monoisotopic (exact) mass is 462 g/mol. The molecule has 6 rings (SSSR count). The summed E-state index contributed by atoms with van der Waals surface area (Å²) in [5.41, 5.74) is 4.11. The predicted molar refractivity (Wildman–Crippen MR) is 130 cm³/mol. The van der Waals surface area contributed by atoms with E-state index in [1.165, 1.54) is 0 Å². The van der Waals surface area contributed by atoms with Crippen molar-refractivity contribution in [2.45, 2.75) is 38.6 Å². The molecule has 0 unspecified atom stereocenters. The maximum atomic E-state index is 13.4. The van der Waals surface area contributed by atoms with Crippen molar-refractivity contribution in [2.75, 3.05) is 36.5 Å². The highest BCUT2D eigenvalue weighted by molar-refractivity contribution is 7.22. The second-order valence-electron chi connectivity index (χ2n) is 9.02. The van der Waals surface area contributed by atoms with Crippen molar-refractivity contribution in [2.24, 2.45) is 0 Å². The van der Waals surface area contributed by atoms with E-state index in [9.17, 15) is 4.79 Å². The third-order valence-corrected chi connectivity index (χ3v) is 7.31. The highest BCUT2D eigenvalue weighted by Gasteiger charge is 2.28. The number of carbonyl (C=O) groups excluding carboxylic acids is 1. The quantitative estimate of drug-likeness (QED) is 0.467. The molecule has 1 aliphatic heterocycles. The molecule has 9 heteroatoms. The van der Waals surface area contributed by atoms with Gasteiger partial charge >= 0.3 is 0 Å². The molecule has 0 radical (unpaired) electrons. The maximum Gasteiger partial charge on any atom is 0.256 e. The number of hydrogen-bond acceptors (Lipinski definition) is 7. The number of anilines is 2. The van der Waals surface area contributed by atoms with Crippen molar-refractivity contribution < 1.29 is 9.53 Å². The van der Waals surface area contributed by atoms with E-state index in [2.05, 4.69) is 29.2 Å². The van der Waals surface area contributed by atoms with Gasteiger partial charge < -0.3 is 15.0 Å². The van der Waals surface area contributed by atoms with E-state index in [0.29, 0.717) is 11.5 Å². The Labute approximate surface area is 195 Å². The zero-order chi connectivity index (χ0) is 22.5. The zero-order valence-corrected chi connectivity index (χ0v) is 19.6. The lowest BCUT2D eigenvalue weighted by atomic mass is 10.1. The number of ether oxygens (including phenoxy) is 1. The molecule has 1 amide bonds. The van der Waals surface area contributed by atoms with Crippen LogP contribution in [0.2, 0.25) is 0 Å². The number of nitrogens with one attached hydrogen (secondary N) is 1. The summed E-state index contributed by atoms with van der Waals surface area (Å²) in [7, 11) is 0. The third-order valence-electron chi connectivity index (χ3n) is 6.23. The SMILES string of the molecule is CC(C)n1ncc2c(C(=O)Nc3ccc4nc(N5CCOCC5)sc4c3)cc(C3CC3)nc21. The molecule has 1 saturated carbocycles. The molecular weight excluding hydrogens is 436 g/mol. The Bertz CT molecular complexity index is 1350. The van der Waals surface area contributed by atoms with Crippen LogP contribution in [0.3, 0.4) is 0 Å². The standard InChI is InChI=1S/C24H26N6O2S/c1-14(2)30-22-18(13-25-30)17(12-20(27-22)15-3-4-15)23(31)26-16-5-6-19-21(11-16)33-24(28-19)29-7-9-32-10-8-29/h5-6,11-15H,3-4,7-10H2,1-2H3,(H,26,31). The van der Waals surface area contributed by atoms with Crippen LogP contribution in [0.4, 0.5) is 10.8 Å². The molecule has 1 N–H and O–H groups in total. The van der Waals surface area contributed by atoms with Crippen molar-refractivity contribution in [3.8, 4) is 0 Å². The first kappa shape index (κ1) is 20.6. The maximum absolute atomic E-state index is 13.4. The smallest absolute Gasteiger partial charge is 0.256 e. The van der Waals surface area contributed by atoms with Gasteiger partial charge in [0.05, 0.1) is 40.6 Å². The average molecular weight is 463 g/mol. The number of pyridine rings is 1. The number of hydrogen-bond donors (Lipinski definition) is 1. The van der Waals surface area contributed by atoms with E-state index >= 15 is 0 Å². The summed E-state index contributed by atoms with van der Waals surface area (Å²) in [4.78, 5) is 25.3. The zero-order valence-electron chi connectivity index (χ0n) is 18.7. The summed E-state index contributed by atoms with van der Waals surface area (Å²) in [5, 5.41) is 9.40. The fourth-order valence-corrected chi connectivity index (χ4v) is 5.33. The highest BCUT2D eigenvalue weighted by atomic mass is 32.1. The lowest BCUT2D eigenvalue weighted by molar-refractivity contribution is 0.102. The third kappa shape index (κ3) is 3.85. The van der Waals surface area contributed by atoms with Crippen LogP contribution in [0.25, 0.3) is 21.3 Å². The van der Waals surface area contributed by atoms with E-state index in [1.807, 2.05) is 28.9 Å². The summed E-state index contributed by atoms with van der Waals surface area (Å²) in [6, 6.07) is 8.02. The Balaban J connectivity index is 1.31. The van der Waals surface area contributed by atoms with Gasteiger partial charge in [-0.25, -0.2) is 14.6 Å². The van der Waals surface area contributed by atoms with Crippen LogP contribution in [0, 0.1) is 0 Å². The minimum absolute atomic E-state index is 0.134. The second-order valence-corrected chi connectivity index (χ2v) is 10.0. The van der Waals surface area contributed by atoms with Gasteiger partial charge in [-0.3, -0.25) is 4.79 Å². The fourth-order valence-electron chi connectivity index (χ4n) is 4.27. The molecule has 4 aromatic rings. The number of fused-ring (bicyclic) bond motifs is 2. The molecule has 3 aromatic heterocycles. The Kier molecular flexibility index (Phi) is 5.03. The Morgan fingerprint density at radius 3 is 2.76 bits per heavy atom. The van der Waals surface area contributed by atoms with E-state index in [-0.39, 0.29) is 11.9 Å². The summed E-state index contributed by atoms with van der Waals surface area (Å²) in [6.07, 6.45) is 4.01. The summed E-state index contributed by atoms with van der Waals surface area (Å²) in [6.45, 7) is 7.33. The van der Waals surface area contributed by atoms with Crippen LogP contribution < -0.4 is 10.2 Å². The molecule has 1 aliphatic carbocycles. The number of carbonyl (C=O) groups is 1. The van der Waals surface area contributed by atoms with E-state index < -0.39 is 0 Å². The summed E-state index contributed by atoms with van der Waals surface area (Å²) >= 11 is 1.65. The fraction of sp³-hybridized carbons (Fsp3) is 0.417. The molecule has 0 bridgehead atoms. The van der Waals surface area contributed by atoms with Crippen molar-refractivity contribution in [3.05, 3.63) is 41.7 Å². The van der Waals surface area contributed by atoms with E-state index in [4.69, 9.17) is 14.7 Å². The van der Waals surface area contributed by atoms with Crippen LogP contribution in [0.15, 0.2) is 30.5 Å². The molecule has 2 aliphatic rings. The second kappa shape index (κ2) is 8.07. The number of rotatable bonds is 5. The average Bonchev–Trinajstić information content (AvgIpc) is 3.44. The van der Waals surface area contributed by atoms with Gasteiger partial charge in [-0.15, -0.1) is 0 Å². The van der Waals surface area contributed by atoms with Crippen LogP contribution in [-0.2, 0) is 4.74 Å². The highest BCUT2D eigenvalue weighted by Crippen LogP contribution is 2.40. The number of thiazole rings is 1. The first-order valence-corrected chi connectivity index (χ1v) is 12.3. The lowest BCUT2D eigenvalue weighted by Gasteiger charge is -2.25. The molecule has 0 atom stereocenters. The van der Waals surface area contributed by atoms with Crippen molar-refractivity contribution >= 4 is 49.3 Å². The van der Waals surface area contributed by atoms with Crippen molar-refractivity contribution in [1.82, 2.24) is 19.7 Å². The first-order chi connectivity index (χ1) is 16.1. The molecule has 1 aromatic carbocycles. The van der Waals surface area contributed by atoms with Crippen LogP contribution in [0.1, 0.15) is 54.7 Å². The summed E-state index contributed by atoms with van der Waals surface area (Å²) in [5.74, 6) is 0.313. The molecular formula is C24H26N6O2S. The molecule has 8 nitrogen and oxygen atoms in total. The molecule has 1 saturated heterocycles. The lowest BCUT2D eigenvalue weighted by Crippen LogP contribution is -2.36. The number of aromatic nitrogens is 4. The molecule has 2 fully saturated rings. The molecule has 33 heavy (non-hydrogen) atoms. The number of benzene rings is 1. The van der Waals surface area contributed by atoms with Crippen molar-refractivity contribution in [1.29, 1.82) is 0 Å². The number of amides is 1. The molecule has 170 valence electrons. The van der Waals surface area contributed by atoms with Crippen molar-refractivity contribution in [3.63, 3.8) is 0 Å². The van der Waals surface area contributed by atoms with E-state index in [0.717, 1.165) is 76.9 Å². The molecule has 4 heterocycles. The van der Waals surface area contributed by atoms with Gasteiger partial charge in [0.15, 0.2) is 10.8 Å². The largest absolute Gasteiger partial charge is 0.378 e. The minimum atomic E-state index is -0.134. The van der Waals surface area contributed by atoms with Gasteiger partial charge in [0, 0.05) is 36.4 Å². The van der Waals surface area contributed by atoms with Gasteiger partial charge in [-0.05, 0) is 51.0 Å². The van der Waals surface area contributed by atoms with Crippen LogP contribution in [-0.4, -0.2) is 52.0 Å². The topological polar surface area (TPSA) is 85.2 Å². The van der Waals surface area contributed by atoms with Gasteiger partial charge in [0.25, 0.3) is 5.91 Å². The normalized spacial score (nSPS) is 16.8. The van der Waals surface area contributed by atoms with Gasteiger partial charge in [-0.2, -0.15) is 5.10 Å².